The number of hydrogen-bond acceptors (Lipinski definition) is 2. The van der Waals surface area contributed by atoms with E-state index < -0.39 is 5.31 Å². The Balaban J connectivity index is 0.00000300. The topological polar surface area (TPSA) is 26.3 Å². The molecule has 0 amide bonds. The third-order valence-electron chi connectivity index (χ3n) is 5.15. The van der Waals surface area contributed by atoms with Crippen LogP contribution in [-0.2, 0) is 9.53 Å². The minimum absolute atomic E-state index is 0. The van der Waals surface area contributed by atoms with Gasteiger partial charge in [0, 0.05) is 0 Å². The summed E-state index contributed by atoms with van der Waals surface area (Å²) in [7, 11) is 0. The van der Waals surface area contributed by atoms with E-state index in [1.165, 1.54) is 15.9 Å². The summed E-state index contributed by atoms with van der Waals surface area (Å²) >= 11 is 4.39. The van der Waals surface area contributed by atoms with Gasteiger partial charge in [-0.2, -0.15) is 0 Å². The van der Waals surface area contributed by atoms with Gasteiger partial charge in [0.1, 0.15) is 0 Å². The molecule has 0 spiro atoms. The average Bonchev–Trinajstić information content (AvgIpc) is 2.76. The summed E-state index contributed by atoms with van der Waals surface area (Å²) < 4.78 is 5.17. The fourth-order valence-electron chi connectivity index (χ4n) is 3.80. The van der Waals surface area contributed by atoms with E-state index >= 15 is 0 Å². The molecule has 0 aliphatic heterocycles. The van der Waals surface area contributed by atoms with Crippen LogP contribution >= 0.6 is 20.8 Å². The van der Waals surface area contributed by atoms with Crippen LogP contribution < -0.4 is 15.9 Å². The summed E-state index contributed by atoms with van der Waals surface area (Å²) in [6.07, 6.45) is 2.02. The molecule has 0 aliphatic rings. The van der Waals surface area contributed by atoms with Crippen LogP contribution in [0.25, 0.3) is 0 Å². The van der Waals surface area contributed by atoms with Crippen molar-refractivity contribution in [2.75, 3.05) is 12.8 Å². The Morgan fingerprint density at radius 2 is 1.17 bits per heavy atom. The van der Waals surface area contributed by atoms with Gasteiger partial charge in [-0.25, -0.2) is 0 Å². The van der Waals surface area contributed by atoms with Gasteiger partial charge in [-0.1, -0.05) is 7.43 Å². The molecule has 29 heavy (non-hydrogen) atoms. The summed E-state index contributed by atoms with van der Waals surface area (Å²) in [4.78, 5) is 12.0. The van der Waals surface area contributed by atoms with E-state index in [4.69, 9.17) is 4.74 Å². The molecule has 4 heteroatoms. The Morgan fingerprint density at radius 1 is 0.793 bits per heavy atom. The van der Waals surface area contributed by atoms with E-state index in [9.17, 15) is 4.79 Å². The van der Waals surface area contributed by atoms with Gasteiger partial charge in [-0.15, -0.1) is 0 Å². The molecule has 0 unspecified atom stereocenters. The van der Waals surface area contributed by atoms with Crippen LogP contribution in [0.4, 0.5) is 0 Å². The van der Waals surface area contributed by atoms with Crippen LogP contribution in [-0.4, -0.2) is 18.7 Å². The van der Waals surface area contributed by atoms with E-state index in [1.54, 1.807) is 0 Å². The Labute approximate surface area is 183 Å². The van der Waals surface area contributed by atoms with Gasteiger partial charge in [0.25, 0.3) is 0 Å². The first-order valence-corrected chi connectivity index (χ1v) is 14.1. The molecule has 2 nitrogen and oxygen atoms in total. The van der Waals surface area contributed by atoms with Crippen molar-refractivity contribution in [3.63, 3.8) is 0 Å². The molecule has 0 aromatic heterocycles. The normalized spacial score (nSPS) is 12.3. The van der Waals surface area contributed by atoms with E-state index in [1.807, 2.05) is 25.1 Å². The second-order valence-corrected chi connectivity index (χ2v) is 15.9. The van der Waals surface area contributed by atoms with Crippen molar-refractivity contribution in [1.29, 1.82) is 0 Å². The maximum atomic E-state index is 12.0. The van der Waals surface area contributed by atoms with Gasteiger partial charge in [-0.3, -0.25) is 0 Å². The molecule has 0 radical (unpaired) electrons. The fraction of sp³-hybridized carbons (Fsp3) is 0.240. The Morgan fingerprint density at radius 3 is 1.52 bits per heavy atom. The van der Waals surface area contributed by atoms with Crippen LogP contribution in [0.5, 0.6) is 0 Å². The van der Waals surface area contributed by atoms with Crippen LogP contribution in [0.15, 0.2) is 91.0 Å². The zero-order valence-corrected chi connectivity index (χ0v) is 18.6. The SMILES string of the molecule is C.CCOC(=O)CCCP(Br)(c1ccccc1)(c1ccccc1)c1ccccc1. The summed E-state index contributed by atoms with van der Waals surface area (Å²) in [5.74, 6) is -0.130. The van der Waals surface area contributed by atoms with Gasteiger partial charge >= 0.3 is 176 Å². The molecule has 0 heterocycles. The summed E-state index contributed by atoms with van der Waals surface area (Å²) in [5, 5.41) is 0.898. The first-order valence-electron chi connectivity index (χ1n) is 9.65. The van der Waals surface area contributed by atoms with E-state index in [0.717, 1.165) is 12.6 Å². The first kappa shape index (κ1) is 23.3. The van der Waals surface area contributed by atoms with Crippen molar-refractivity contribution in [1.82, 2.24) is 0 Å². The second-order valence-electron chi connectivity index (χ2n) is 6.82. The molecule has 154 valence electrons. The molecule has 0 saturated heterocycles. The Hall–Kier alpha value is -1.96. The second kappa shape index (κ2) is 10.2. The van der Waals surface area contributed by atoms with Gasteiger partial charge in [0.2, 0.25) is 0 Å². The number of carbonyl (C=O) groups is 1. The monoisotopic (exact) mass is 472 g/mol. The Kier molecular flexibility index (Phi) is 8.19. The van der Waals surface area contributed by atoms with Crippen LogP contribution in [0, 0.1) is 0 Å². The number of carbonyl (C=O) groups excluding carboxylic acids is 1. The van der Waals surface area contributed by atoms with Gasteiger partial charge < -0.3 is 0 Å². The Bertz CT molecular complexity index is 798. The number of hydrogen-bond donors (Lipinski definition) is 0. The van der Waals surface area contributed by atoms with Crippen LogP contribution in [0.2, 0.25) is 0 Å². The molecule has 0 bridgehead atoms. The summed E-state index contributed by atoms with van der Waals surface area (Å²) in [6.45, 7) is 2.27. The third-order valence-corrected chi connectivity index (χ3v) is 15.2. The number of esters is 1. The van der Waals surface area contributed by atoms with Crippen molar-refractivity contribution in [3.05, 3.63) is 91.0 Å². The van der Waals surface area contributed by atoms with Gasteiger partial charge in [0.15, 0.2) is 0 Å². The molecule has 0 N–H and O–H groups in total. The number of halogens is 1. The van der Waals surface area contributed by atoms with Crippen LogP contribution in [0.1, 0.15) is 27.2 Å². The standard InChI is InChI=1S/C24H26BrO2P.CH4/c1-2-27-24(26)19-12-20-28(25,21-13-6-3-7-14-21,22-15-8-4-9-16-22)23-17-10-5-11-18-23;/h3-11,13-18H,2,12,19-20H2,1H3;1H4. The van der Waals surface area contributed by atoms with Crippen molar-refractivity contribution >= 4 is 42.7 Å². The molecular formula is C25H30BrO2P. The minimum atomic E-state index is -2.92. The maximum absolute atomic E-state index is 12.0. The van der Waals surface area contributed by atoms with Crippen molar-refractivity contribution in [2.45, 2.75) is 27.2 Å². The number of benzene rings is 3. The predicted octanol–water partition coefficient (Wildman–Crippen LogP) is 5.81. The van der Waals surface area contributed by atoms with Crippen LogP contribution in [0.3, 0.4) is 0 Å². The van der Waals surface area contributed by atoms with E-state index in [0.29, 0.717) is 13.0 Å². The van der Waals surface area contributed by atoms with Crippen molar-refractivity contribution in [2.24, 2.45) is 0 Å². The zero-order valence-electron chi connectivity index (χ0n) is 16.1. The molecule has 3 rings (SSSR count). The molecule has 3 aromatic rings. The van der Waals surface area contributed by atoms with E-state index in [2.05, 4.69) is 88.3 Å². The summed E-state index contributed by atoms with van der Waals surface area (Å²) in [5.41, 5.74) is 0. The number of rotatable bonds is 8. The number of ether oxygens (including phenoxy) is 1. The zero-order chi connectivity index (χ0) is 19.9. The molecule has 0 saturated carbocycles. The van der Waals surface area contributed by atoms with Crippen molar-refractivity contribution < 1.29 is 9.53 Å². The quantitative estimate of drug-likeness (QED) is 0.305. The van der Waals surface area contributed by atoms with Gasteiger partial charge in [-0.05, 0) is 0 Å². The molecule has 0 atom stereocenters. The van der Waals surface area contributed by atoms with Gasteiger partial charge in [0.05, 0.1) is 0 Å². The predicted molar refractivity (Wildman–Crippen MR) is 132 cm³/mol. The third kappa shape index (κ3) is 4.63. The molecule has 3 aromatic carbocycles. The molecule has 0 aliphatic carbocycles. The van der Waals surface area contributed by atoms with Crippen molar-refractivity contribution in [3.8, 4) is 0 Å². The molecular weight excluding hydrogens is 443 g/mol. The van der Waals surface area contributed by atoms with E-state index in [-0.39, 0.29) is 13.4 Å². The fourth-order valence-corrected chi connectivity index (χ4v) is 11.5. The molecule has 0 fully saturated rings. The summed E-state index contributed by atoms with van der Waals surface area (Å²) in [6, 6.07) is 31.9. The average molecular weight is 473 g/mol. The first-order chi connectivity index (χ1) is 13.6.